The summed E-state index contributed by atoms with van der Waals surface area (Å²) in [5.41, 5.74) is 0. The van der Waals surface area contributed by atoms with Gasteiger partial charge in [-0.25, -0.2) is 0 Å². The lowest BCUT2D eigenvalue weighted by Crippen LogP contribution is -2.40. The number of rotatable bonds is 6. The van der Waals surface area contributed by atoms with Gasteiger partial charge >= 0.3 is 0 Å². The van der Waals surface area contributed by atoms with E-state index in [1.165, 1.54) is 32.1 Å². The Morgan fingerprint density at radius 1 is 1.21 bits per heavy atom. The average molecular weight is 283 g/mol. The quantitative estimate of drug-likeness (QED) is 0.341. The zero-order chi connectivity index (χ0) is 14.5. The van der Waals surface area contributed by atoms with Crippen molar-refractivity contribution in [3.63, 3.8) is 0 Å². The molecule has 2 atom stereocenters. The second-order valence-corrected chi connectivity index (χ2v) is 12.6. The van der Waals surface area contributed by atoms with Crippen molar-refractivity contribution in [2.24, 2.45) is 11.8 Å². The van der Waals surface area contributed by atoms with Gasteiger partial charge in [-0.05, 0) is 55.7 Å². The molecule has 0 bridgehead atoms. The predicted molar refractivity (Wildman–Crippen MR) is 88.0 cm³/mol. The zero-order valence-corrected chi connectivity index (χ0v) is 15.0. The molecular formula is C17H34OSi. The number of hydrogen-bond acceptors (Lipinski definition) is 1. The van der Waals surface area contributed by atoms with Crippen molar-refractivity contribution in [3.8, 4) is 0 Å². The smallest absolute Gasteiger partial charge is 0.191 e. The molecule has 0 N–H and O–H groups in total. The Morgan fingerprint density at radius 3 is 2.47 bits per heavy atom. The van der Waals surface area contributed by atoms with E-state index in [0.717, 1.165) is 18.4 Å². The molecule has 1 aliphatic carbocycles. The molecule has 0 aromatic rings. The van der Waals surface area contributed by atoms with Crippen LogP contribution in [0.4, 0.5) is 0 Å². The van der Waals surface area contributed by atoms with Crippen LogP contribution in [0.15, 0.2) is 12.2 Å². The van der Waals surface area contributed by atoms with Crippen molar-refractivity contribution in [2.75, 3.05) is 6.61 Å². The first-order valence-corrected chi connectivity index (χ1v) is 11.0. The van der Waals surface area contributed by atoms with Crippen LogP contribution < -0.4 is 0 Å². The van der Waals surface area contributed by atoms with Gasteiger partial charge in [0.05, 0.1) is 0 Å². The fourth-order valence-electron chi connectivity index (χ4n) is 2.44. The summed E-state index contributed by atoms with van der Waals surface area (Å²) in [4.78, 5) is 0. The molecule has 1 rings (SSSR count). The molecule has 0 amide bonds. The third kappa shape index (κ3) is 5.43. The maximum Gasteiger partial charge on any atom is 0.191 e. The van der Waals surface area contributed by atoms with E-state index in [2.05, 4.69) is 52.9 Å². The molecule has 0 spiro atoms. The zero-order valence-electron chi connectivity index (χ0n) is 14.0. The van der Waals surface area contributed by atoms with E-state index in [1.54, 1.807) is 0 Å². The summed E-state index contributed by atoms with van der Waals surface area (Å²) in [5, 5.41) is 0.341. The summed E-state index contributed by atoms with van der Waals surface area (Å²) in [5.74, 6) is 1.70. The van der Waals surface area contributed by atoms with E-state index in [1.807, 2.05) is 0 Å². The first-order valence-electron chi connectivity index (χ1n) is 8.04. The molecule has 0 saturated carbocycles. The molecule has 0 heterocycles. The highest BCUT2D eigenvalue weighted by molar-refractivity contribution is 6.74. The maximum absolute atomic E-state index is 6.23. The van der Waals surface area contributed by atoms with Crippen LogP contribution in [0.1, 0.15) is 59.8 Å². The van der Waals surface area contributed by atoms with Crippen LogP contribution in [0, 0.1) is 11.8 Å². The first kappa shape index (κ1) is 17.0. The third-order valence-corrected chi connectivity index (χ3v) is 9.64. The molecule has 112 valence electrons. The van der Waals surface area contributed by atoms with E-state index in [-0.39, 0.29) is 0 Å². The van der Waals surface area contributed by atoms with E-state index < -0.39 is 8.32 Å². The normalized spacial score (nSPS) is 24.7. The average Bonchev–Trinajstić information content (AvgIpc) is 2.29. The number of unbranched alkanes of at least 4 members (excludes halogenated alkanes) is 1. The minimum absolute atomic E-state index is 0.341. The van der Waals surface area contributed by atoms with E-state index in [9.17, 15) is 0 Å². The molecule has 0 fully saturated rings. The van der Waals surface area contributed by atoms with Gasteiger partial charge in [0.25, 0.3) is 0 Å². The molecule has 0 radical (unpaired) electrons. The van der Waals surface area contributed by atoms with Crippen LogP contribution >= 0.6 is 0 Å². The van der Waals surface area contributed by atoms with Crippen molar-refractivity contribution < 1.29 is 4.43 Å². The second-order valence-electron chi connectivity index (χ2n) is 7.75. The Bertz CT molecular complexity index is 288. The minimum atomic E-state index is -1.52. The standard InChI is InChI=1S/C17H34OSi/c1-15-11-7-8-12-16(15)13-9-10-14-18-19(5,6)17(2,3)4/h8,12,15-16H,7,9-11,13-14H2,1-6H3. The second kappa shape index (κ2) is 7.08. The Kier molecular flexibility index (Phi) is 6.32. The van der Waals surface area contributed by atoms with Crippen molar-refractivity contribution in [3.05, 3.63) is 12.2 Å². The Balaban J connectivity index is 2.18. The molecule has 2 heteroatoms. The lowest BCUT2D eigenvalue weighted by Gasteiger charge is -2.36. The van der Waals surface area contributed by atoms with Crippen molar-refractivity contribution in [1.82, 2.24) is 0 Å². The van der Waals surface area contributed by atoms with Crippen LogP contribution in [0.2, 0.25) is 18.1 Å². The van der Waals surface area contributed by atoms with Gasteiger partial charge in [0.2, 0.25) is 0 Å². The Hall–Kier alpha value is -0.0831. The van der Waals surface area contributed by atoms with Crippen LogP contribution in [0.5, 0.6) is 0 Å². The molecule has 0 aliphatic heterocycles. The van der Waals surface area contributed by atoms with Gasteiger partial charge in [-0.2, -0.15) is 0 Å². The van der Waals surface area contributed by atoms with Crippen LogP contribution in [-0.2, 0) is 4.43 Å². The molecular weight excluding hydrogens is 248 g/mol. The number of allylic oxidation sites excluding steroid dienone is 2. The van der Waals surface area contributed by atoms with Gasteiger partial charge in [0, 0.05) is 6.61 Å². The number of hydrogen-bond donors (Lipinski definition) is 0. The molecule has 0 aromatic heterocycles. The van der Waals surface area contributed by atoms with Gasteiger partial charge in [0.1, 0.15) is 0 Å². The molecule has 1 nitrogen and oxygen atoms in total. The van der Waals surface area contributed by atoms with Crippen molar-refractivity contribution >= 4 is 8.32 Å². The molecule has 2 unspecified atom stereocenters. The predicted octanol–water partition coefficient (Wildman–Crippen LogP) is 5.78. The van der Waals surface area contributed by atoms with Gasteiger partial charge in [-0.1, -0.05) is 46.3 Å². The Morgan fingerprint density at radius 2 is 1.89 bits per heavy atom. The minimum Gasteiger partial charge on any atom is -0.417 e. The monoisotopic (exact) mass is 282 g/mol. The summed E-state index contributed by atoms with van der Waals surface area (Å²) < 4.78 is 6.23. The van der Waals surface area contributed by atoms with E-state index in [4.69, 9.17) is 4.43 Å². The summed E-state index contributed by atoms with van der Waals surface area (Å²) in [7, 11) is -1.52. The SMILES string of the molecule is CC1CCC=CC1CCCCO[Si](C)(C)C(C)(C)C. The van der Waals surface area contributed by atoms with Crippen LogP contribution in [0.25, 0.3) is 0 Å². The summed E-state index contributed by atoms with van der Waals surface area (Å²) >= 11 is 0. The molecule has 1 aliphatic rings. The van der Waals surface area contributed by atoms with Crippen LogP contribution in [0.3, 0.4) is 0 Å². The highest BCUT2D eigenvalue weighted by Crippen LogP contribution is 2.36. The lowest BCUT2D eigenvalue weighted by atomic mass is 9.82. The highest BCUT2D eigenvalue weighted by Gasteiger charge is 2.36. The summed E-state index contributed by atoms with van der Waals surface area (Å²) in [6, 6.07) is 0. The largest absolute Gasteiger partial charge is 0.417 e. The summed E-state index contributed by atoms with van der Waals surface area (Å²) in [6.07, 6.45) is 11.4. The van der Waals surface area contributed by atoms with Gasteiger partial charge in [-0.3, -0.25) is 0 Å². The third-order valence-electron chi connectivity index (χ3n) is 5.10. The van der Waals surface area contributed by atoms with Crippen molar-refractivity contribution in [2.45, 2.75) is 77.9 Å². The van der Waals surface area contributed by atoms with E-state index >= 15 is 0 Å². The Labute approximate surface area is 122 Å². The van der Waals surface area contributed by atoms with Gasteiger partial charge in [0.15, 0.2) is 8.32 Å². The van der Waals surface area contributed by atoms with Gasteiger partial charge in [-0.15, -0.1) is 0 Å². The maximum atomic E-state index is 6.23. The molecule has 0 aromatic carbocycles. The summed E-state index contributed by atoms with van der Waals surface area (Å²) in [6.45, 7) is 15.0. The first-order chi connectivity index (χ1) is 8.74. The highest BCUT2D eigenvalue weighted by atomic mass is 28.4. The van der Waals surface area contributed by atoms with E-state index in [0.29, 0.717) is 5.04 Å². The van der Waals surface area contributed by atoms with Gasteiger partial charge < -0.3 is 4.43 Å². The molecule has 19 heavy (non-hydrogen) atoms. The fraction of sp³-hybridized carbons (Fsp3) is 0.882. The fourth-order valence-corrected chi connectivity index (χ4v) is 3.53. The topological polar surface area (TPSA) is 9.23 Å². The van der Waals surface area contributed by atoms with Crippen molar-refractivity contribution in [1.29, 1.82) is 0 Å². The van der Waals surface area contributed by atoms with Crippen LogP contribution in [-0.4, -0.2) is 14.9 Å². The molecule has 0 saturated heterocycles. The lowest BCUT2D eigenvalue weighted by molar-refractivity contribution is 0.269.